The van der Waals surface area contributed by atoms with Gasteiger partial charge >= 0.3 is 0 Å². The average Bonchev–Trinajstić information content (AvgIpc) is 2.78. The third-order valence-electron chi connectivity index (χ3n) is 3.61. The molecule has 2 rings (SSSR count). The molecular formula is C11H20N4O2. The topological polar surface area (TPSA) is 61.2 Å². The standard InChI is InChI=1S/C11H20N4O2/c1-12-10(9-8-13-14-15(9)2)11(16-3)4-6-17-7-5-11/h8,10,12H,4-7H2,1-3H3. The van der Waals surface area contributed by atoms with Crippen molar-refractivity contribution in [2.45, 2.75) is 24.5 Å². The van der Waals surface area contributed by atoms with Gasteiger partial charge in [0.2, 0.25) is 0 Å². The average molecular weight is 240 g/mol. The Labute approximate surface area is 101 Å². The number of rotatable bonds is 4. The maximum Gasteiger partial charge on any atom is 0.0932 e. The quantitative estimate of drug-likeness (QED) is 0.818. The lowest BCUT2D eigenvalue weighted by Gasteiger charge is -2.41. The Morgan fingerprint density at radius 1 is 1.53 bits per heavy atom. The fourth-order valence-corrected chi connectivity index (χ4v) is 2.57. The minimum absolute atomic E-state index is 0.0800. The zero-order valence-corrected chi connectivity index (χ0v) is 10.6. The number of likely N-dealkylation sites (N-methyl/N-ethyl adjacent to an activating group) is 1. The molecule has 1 aromatic heterocycles. The molecule has 1 fully saturated rings. The lowest BCUT2D eigenvalue weighted by Crippen LogP contribution is -2.49. The summed E-state index contributed by atoms with van der Waals surface area (Å²) in [7, 11) is 5.60. The highest BCUT2D eigenvalue weighted by molar-refractivity contribution is 5.11. The van der Waals surface area contributed by atoms with Crippen LogP contribution in [0.25, 0.3) is 0 Å². The Morgan fingerprint density at radius 2 is 2.24 bits per heavy atom. The Kier molecular flexibility index (Phi) is 3.76. The summed E-state index contributed by atoms with van der Waals surface area (Å²) in [6.45, 7) is 1.47. The van der Waals surface area contributed by atoms with Crippen LogP contribution in [-0.4, -0.2) is 48.0 Å². The molecule has 1 saturated heterocycles. The number of aryl methyl sites for hydroxylation is 1. The van der Waals surface area contributed by atoms with Crippen molar-refractivity contribution < 1.29 is 9.47 Å². The van der Waals surface area contributed by atoms with Crippen LogP contribution in [0.4, 0.5) is 0 Å². The molecule has 1 aromatic rings. The number of hydrogen-bond acceptors (Lipinski definition) is 5. The Morgan fingerprint density at radius 3 is 2.71 bits per heavy atom. The molecule has 0 bridgehead atoms. The van der Waals surface area contributed by atoms with Crippen LogP contribution in [0, 0.1) is 0 Å². The molecule has 0 saturated carbocycles. The highest BCUT2D eigenvalue weighted by Gasteiger charge is 2.42. The van der Waals surface area contributed by atoms with Crippen LogP contribution in [0.3, 0.4) is 0 Å². The van der Waals surface area contributed by atoms with E-state index in [0.717, 1.165) is 31.7 Å². The first kappa shape index (κ1) is 12.5. The van der Waals surface area contributed by atoms with Gasteiger partial charge in [0, 0.05) is 40.2 Å². The van der Waals surface area contributed by atoms with Crippen LogP contribution in [0.15, 0.2) is 6.20 Å². The lowest BCUT2D eigenvalue weighted by atomic mass is 9.84. The van der Waals surface area contributed by atoms with Gasteiger partial charge in [0.1, 0.15) is 0 Å². The van der Waals surface area contributed by atoms with Gasteiger partial charge in [-0.2, -0.15) is 0 Å². The van der Waals surface area contributed by atoms with Crippen molar-refractivity contribution in [3.63, 3.8) is 0 Å². The van der Waals surface area contributed by atoms with E-state index in [-0.39, 0.29) is 11.6 Å². The SMILES string of the molecule is CNC(c1cnnn1C)C1(OC)CCOCC1. The molecular weight excluding hydrogens is 220 g/mol. The van der Waals surface area contributed by atoms with E-state index in [1.54, 1.807) is 18.0 Å². The molecule has 0 spiro atoms. The molecule has 0 amide bonds. The van der Waals surface area contributed by atoms with Crippen molar-refractivity contribution >= 4 is 0 Å². The molecule has 1 aliphatic heterocycles. The second-order valence-corrected chi connectivity index (χ2v) is 4.39. The first-order valence-electron chi connectivity index (χ1n) is 5.88. The predicted octanol–water partition coefficient (Wildman–Crippen LogP) is 0.271. The maximum absolute atomic E-state index is 5.80. The zero-order chi connectivity index (χ0) is 12.3. The van der Waals surface area contributed by atoms with Crippen molar-refractivity contribution in [3.8, 4) is 0 Å². The van der Waals surface area contributed by atoms with Gasteiger partial charge in [-0.25, -0.2) is 0 Å². The van der Waals surface area contributed by atoms with Gasteiger partial charge in [-0.1, -0.05) is 5.21 Å². The molecule has 2 heterocycles. The fraction of sp³-hybridized carbons (Fsp3) is 0.818. The van der Waals surface area contributed by atoms with Gasteiger partial charge < -0.3 is 14.8 Å². The van der Waals surface area contributed by atoms with E-state index in [2.05, 4.69) is 15.6 Å². The monoisotopic (exact) mass is 240 g/mol. The molecule has 1 atom stereocenters. The smallest absolute Gasteiger partial charge is 0.0932 e. The van der Waals surface area contributed by atoms with Crippen molar-refractivity contribution in [1.29, 1.82) is 0 Å². The maximum atomic E-state index is 5.80. The number of hydrogen-bond donors (Lipinski definition) is 1. The molecule has 0 aliphatic carbocycles. The normalized spacial score (nSPS) is 21.4. The summed E-state index contributed by atoms with van der Waals surface area (Å²) < 4.78 is 13.0. The second kappa shape index (κ2) is 5.12. The lowest BCUT2D eigenvalue weighted by molar-refractivity contribution is -0.111. The molecule has 17 heavy (non-hydrogen) atoms. The van der Waals surface area contributed by atoms with Crippen LogP contribution in [0.2, 0.25) is 0 Å². The van der Waals surface area contributed by atoms with Crippen molar-refractivity contribution in [2.75, 3.05) is 27.4 Å². The predicted molar refractivity (Wildman–Crippen MR) is 62.6 cm³/mol. The minimum atomic E-state index is -0.234. The summed E-state index contributed by atoms with van der Waals surface area (Å²) in [4.78, 5) is 0. The first-order valence-corrected chi connectivity index (χ1v) is 5.88. The Hall–Kier alpha value is -0.980. The summed E-state index contributed by atoms with van der Waals surface area (Å²) in [6.07, 6.45) is 3.54. The van der Waals surface area contributed by atoms with Gasteiger partial charge in [0.25, 0.3) is 0 Å². The molecule has 96 valence electrons. The van der Waals surface area contributed by atoms with E-state index in [1.807, 2.05) is 14.1 Å². The van der Waals surface area contributed by atoms with E-state index < -0.39 is 0 Å². The molecule has 1 aliphatic rings. The van der Waals surface area contributed by atoms with Crippen LogP contribution in [0.1, 0.15) is 24.6 Å². The minimum Gasteiger partial charge on any atom is -0.381 e. The zero-order valence-electron chi connectivity index (χ0n) is 10.6. The number of nitrogens with zero attached hydrogens (tertiary/aromatic N) is 3. The summed E-state index contributed by atoms with van der Waals surface area (Å²) >= 11 is 0. The van der Waals surface area contributed by atoms with Gasteiger partial charge in [-0.05, 0) is 7.05 Å². The third-order valence-corrected chi connectivity index (χ3v) is 3.61. The van der Waals surface area contributed by atoms with Crippen molar-refractivity contribution in [3.05, 3.63) is 11.9 Å². The van der Waals surface area contributed by atoms with Gasteiger partial charge in [-0.15, -0.1) is 5.10 Å². The number of nitrogens with one attached hydrogen (secondary N) is 1. The van der Waals surface area contributed by atoms with Crippen LogP contribution >= 0.6 is 0 Å². The van der Waals surface area contributed by atoms with E-state index >= 15 is 0 Å². The van der Waals surface area contributed by atoms with Gasteiger partial charge in [-0.3, -0.25) is 4.68 Å². The summed E-state index contributed by atoms with van der Waals surface area (Å²) in [5, 5.41) is 11.2. The molecule has 1 N–H and O–H groups in total. The van der Waals surface area contributed by atoms with Crippen molar-refractivity contribution in [2.24, 2.45) is 7.05 Å². The summed E-state index contributed by atoms with van der Waals surface area (Å²) in [6, 6.07) is 0.0800. The molecule has 0 aromatic carbocycles. The number of methoxy groups -OCH3 is 1. The highest BCUT2D eigenvalue weighted by atomic mass is 16.5. The summed E-state index contributed by atoms with van der Waals surface area (Å²) in [5.74, 6) is 0. The molecule has 6 heteroatoms. The number of ether oxygens (including phenoxy) is 2. The molecule has 6 nitrogen and oxygen atoms in total. The summed E-state index contributed by atoms with van der Waals surface area (Å²) in [5.41, 5.74) is 0.805. The van der Waals surface area contributed by atoms with Crippen LogP contribution in [-0.2, 0) is 16.5 Å². The van der Waals surface area contributed by atoms with E-state index in [4.69, 9.17) is 9.47 Å². The second-order valence-electron chi connectivity index (χ2n) is 4.39. The van der Waals surface area contributed by atoms with Crippen LogP contribution in [0.5, 0.6) is 0 Å². The van der Waals surface area contributed by atoms with E-state index in [9.17, 15) is 0 Å². The largest absolute Gasteiger partial charge is 0.381 e. The van der Waals surface area contributed by atoms with Crippen LogP contribution < -0.4 is 5.32 Å². The first-order chi connectivity index (χ1) is 8.23. The van der Waals surface area contributed by atoms with E-state index in [1.165, 1.54) is 0 Å². The van der Waals surface area contributed by atoms with Gasteiger partial charge in [0.15, 0.2) is 0 Å². The Balaban J connectivity index is 2.29. The highest BCUT2D eigenvalue weighted by Crippen LogP contribution is 2.36. The number of aromatic nitrogens is 3. The van der Waals surface area contributed by atoms with E-state index in [0.29, 0.717) is 0 Å². The Bertz CT molecular complexity index is 360. The van der Waals surface area contributed by atoms with Crippen molar-refractivity contribution in [1.82, 2.24) is 20.3 Å². The van der Waals surface area contributed by atoms with Gasteiger partial charge in [0.05, 0.1) is 23.5 Å². The third kappa shape index (κ3) is 2.20. The molecule has 1 unspecified atom stereocenters. The fourth-order valence-electron chi connectivity index (χ4n) is 2.57. The molecule has 0 radical (unpaired) electrons.